The molecule has 1 fully saturated rings. The summed E-state index contributed by atoms with van der Waals surface area (Å²) in [6, 6.07) is 15.8. The van der Waals surface area contributed by atoms with Gasteiger partial charge in [0.2, 0.25) is 0 Å². The van der Waals surface area contributed by atoms with Crippen LogP contribution >= 0.6 is 23.2 Å². The average Bonchev–Trinajstić information content (AvgIpc) is 3.14. The molecule has 6 nitrogen and oxygen atoms in total. The fourth-order valence-corrected chi connectivity index (χ4v) is 5.11. The second kappa shape index (κ2) is 11.4. The molecule has 0 saturated carbocycles. The minimum atomic E-state index is -0.0995. The number of carbonyl (C=O) groups is 1. The minimum Gasteiger partial charge on any atom is -0.494 e. The van der Waals surface area contributed by atoms with Crippen molar-refractivity contribution in [3.8, 4) is 17.0 Å². The lowest BCUT2D eigenvalue weighted by Crippen LogP contribution is -2.47. The fraction of sp³-hybridized carbons (Fsp3) is 0.370. The Morgan fingerprint density at radius 3 is 2.43 bits per heavy atom. The van der Waals surface area contributed by atoms with Gasteiger partial charge in [0.25, 0.3) is 5.91 Å². The minimum absolute atomic E-state index is 0.0995. The van der Waals surface area contributed by atoms with Gasteiger partial charge in [-0.15, -0.1) is 0 Å². The molecule has 1 N–H and O–H groups in total. The van der Waals surface area contributed by atoms with Crippen LogP contribution in [0.3, 0.4) is 0 Å². The quantitative estimate of drug-likeness (QED) is 0.416. The van der Waals surface area contributed by atoms with E-state index in [0.29, 0.717) is 27.9 Å². The second-order valence-electron chi connectivity index (χ2n) is 8.78. The SMILES string of the molecule is COc1c(C(=O)NCCCN2CCN(c3cccc(Cl)c3Cl)CC2)c(C)n(C)c1-c1ccccc1. The summed E-state index contributed by atoms with van der Waals surface area (Å²) < 4.78 is 7.73. The topological polar surface area (TPSA) is 49.7 Å². The Morgan fingerprint density at radius 2 is 1.74 bits per heavy atom. The highest BCUT2D eigenvalue weighted by Gasteiger charge is 2.25. The Labute approximate surface area is 217 Å². The van der Waals surface area contributed by atoms with Gasteiger partial charge in [0, 0.05) is 51.0 Å². The van der Waals surface area contributed by atoms with Crippen molar-refractivity contribution in [2.45, 2.75) is 13.3 Å². The van der Waals surface area contributed by atoms with Crippen molar-refractivity contribution in [1.29, 1.82) is 0 Å². The molecule has 1 aliphatic rings. The van der Waals surface area contributed by atoms with Gasteiger partial charge in [-0.2, -0.15) is 0 Å². The van der Waals surface area contributed by atoms with Crippen molar-refractivity contribution < 1.29 is 9.53 Å². The Hall–Kier alpha value is -2.67. The third-order valence-electron chi connectivity index (χ3n) is 6.70. The van der Waals surface area contributed by atoms with Gasteiger partial charge in [-0.1, -0.05) is 59.6 Å². The van der Waals surface area contributed by atoms with Gasteiger partial charge in [-0.3, -0.25) is 9.69 Å². The number of anilines is 1. The Bertz CT molecular complexity index is 1170. The van der Waals surface area contributed by atoms with Gasteiger partial charge in [0.05, 0.1) is 28.5 Å². The number of ether oxygens (including phenoxy) is 1. The van der Waals surface area contributed by atoms with Crippen molar-refractivity contribution in [3.63, 3.8) is 0 Å². The van der Waals surface area contributed by atoms with E-state index in [0.717, 1.165) is 61.8 Å². The van der Waals surface area contributed by atoms with Crippen molar-refractivity contribution in [2.24, 2.45) is 7.05 Å². The summed E-state index contributed by atoms with van der Waals surface area (Å²) in [5.74, 6) is 0.516. The zero-order valence-electron chi connectivity index (χ0n) is 20.5. The molecule has 0 aliphatic carbocycles. The lowest BCUT2D eigenvalue weighted by Gasteiger charge is -2.36. The number of aromatic nitrogens is 1. The van der Waals surface area contributed by atoms with Crippen LogP contribution in [0.5, 0.6) is 5.75 Å². The van der Waals surface area contributed by atoms with Crippen molar-refractivity contribution in [2.75, 3.05) is 51.3 Å². The summed E-state index contributed by atoms with van der Waals surface area (Å²) in [5, 5.41) is 4.30. The van der Waals surface area contributed by atoms with Gasteiger partial charge in [-0.05, 0) is 32.0 Å². The standard InChI is InChI=1S/C27H32Cl2N4O2/c1-19-23(26(35-3)25(31(19)2)20-9-5-4-6-10-20)27(34)30-13-8-14-32-15-17-33(18-16-32)22-12-7-11-21(28)24(22)29/h4-7,9-12H,8,13-18H2,1-3H3,(H,30,34). The van der Waals surface area contributed by atoms with Crippen LogP contribution in [-0.4, -0.2) is 61.8 Å². The van der Waals surface area contributed by atoms with E-state index in [9.17, 15) is 4.79 Å². The molecule has 2 heterocycles. The number of carbonyl (C=O) groups excluding carboxylic acids is 1. The van der Waals surface area contributed by atoms with E-state index < -0.39 is 0 Å². The Morgan fingerprint density at radius 1 is 1.03 bits per heavy atom. The van der Waals surface area contributed by atoms with Crippen LogP contribution in [0, 0.1) is 6.92 Å². The van der Waals surface area contributed by atoms with Crippen LogP contribution in [0.15, 0.2) is 48.5 Å². The molecule has 2 aromatic carbocycles. The number of nitrogens with one attached hydrogen (secondary N) is 1. The maximum absolute atomic E-state index is 13.1. The maximum atomic E-state index is 13.1. The molecular formula is C27H32Cl2N4O2. The first-order valence-electron chi connectivity index (χ1n) is 11.9. The molecule has 186 valence electrons. The van der Waals surface area contributed by atoms with Gasteiger partial charge in [-0.25, -0.2) is 0 Å². The third kappa shape index (κ3) is 5.45. The van der Waals surface area contributed by atoms with Gasteiger partial charge >= 0.3 is 0 Å². The van der Waals surface area contributed by atoms with E-state index in [1.807, 2.05) is 67.1 Å². The summed E-state index contributed by atoms with van der Waals surface area (Å²) in [4.78, 5) is 17.8. The maximum Gasteiger partial charge on any atom is 0.256 e. The molecule has 1 amide bonds. The predicted molar refractivity (Wildman–Crippen MR) is 144 cm³/mol. The molecule has 1 saturated heterocycles. The molecule has 35 heavy (non-hydrogen) atoms. The zero-order valence-corrected chi connectivity index (χ0v) is 22.0. The van der Waals surface area contributed by atoms with E-state index in [1.165, 1.54) is 0 Å². The number of nitrogens with zero attached hydrogens (tertiary/aromatic N) is 3. The predicted octanol–water partition coefficient (Wildman–Crippen LogP) is 5.26. The summed E-state index contributed by atoms with van der Waals surface area (Å²) >= 11 is 12.6. The van der Waals surface area contributed by atoms with E-state index >= 15 is 0 Å². The van der Waals surface area contributed by atoms with E-state index in [2.05, 4.69) is 15.1 Å². The smallest absolute Gasteiger partial charge is 0.256 e. The first kappa shape index (κ1) is 25.4. The van der Waals surface area contributed by atoms with Crippen LogP contribution < -0.4 is 15.0 Å². The van der Waals surface area contributed by atoms with Crippen molar-refractivity contribution >= 4 is 34.8 Å². The molecular weight excluding hydrogens is 483 g/mol. The number of rotatable bonds is 8. The molecule has 0 atom stereocenters. The highest BCUT2D eigenvalue weighted by atomic mass is 35.5. The first-order valence-corrected chi connectivity index (χ1v) is 12.7. The molecule has 0 spiro atoms. The number of amides is 1. The number of piperazine rings is 1. The number of halogens is 2. The monoisotopic (exact) mass is 514 g/mol. The molecule has 1 aliphatic heterocycles. The second-order valence-corrected chi connectivity index (χ2v) is 9.56. The number of methoxy groups -OCH3 is 1. The van der Waals surface area contributed by atoms with Crippen LogP contribution in [0.25, 0.3) is 11.3 Å². The molecule has 0 unspecified atom stereocenters. The lowest BCUT2D eigenvalue weighted by atomic mass is 10.1. The molecule has 4 rings (SSSR count). The summed E-state index contributed by atoms with van der Waals surface area (Å²) in [7, 11) is 3.58. The number of hydrogen-bond donors (Lipinski definition) is 1. The highest BCUT2D eigenvalue weighted by Crippen LogP contribution is 2.37. The molecule has 0 radical (unpaired) electrons. The van der Waals surface area contributed by atoms with E-state index in [-0.39, 0.29) is 5.91 Å². The van der Waals surface area contributed by atoms with Crippen LogP contribution in [0.2, 0.25) is 10.0 Å². The van der Waals surface area contributed by atoms with Gasteiger partial charge in [0.1, 0.15) is 5.56 Å². The van der Waals surface area contributed by atoms with Gasteiger partial charge < -0.3 is 19.5 Å². The molecule has 3 aromatic rings. The van der Waals surface area contributed by atoms with Crippen LogP contribution in [0.1, 0.15) is 22.5 Å². The fourth-order valence-electron chi connectivity index (χ4n) is 4.70. The Kier molecular flexibility index (Phi) is 8.26. The molecule has 8 heteroatoms. The van der Waals surface area contributed by atoms with E-state index in [4.69, 9.17) is 27.9 Å². The number of hydrogen-bond acceptors (Lipinski definition) is 4. The Balaban J connectivity index is 1.30. The normalized spacial score (nSPS) is 14.3. The average molecular weight is 515 g/mol. The summed E-state index contributed by atoms with van der Waals surface area (Å²) in [6.07, 6.45) is 0.878. The van der Waals surface area contributed by atoms with Crippen LogP contribution in [-0.2, 0) is 7.05 Å². The third-order valence-corrected chi connectivity index (χ3v) is 7.51. The summed E-state index contributed by atoms with van der Waals surface area (Å²) in [5.41, 5.74) is 4.41. The molecule has 0 bridgehead atoms. The lowest BCUT2D eigenvalue weighted by molar-refractivity contribution is 0.0948. The highest BCUT2D eigenvalue weighted by molar-refractivity contribution is 6.43. The number of benzene rings is 2. The van der Waals surface area contributed by atoms with Gasteiger partial charge in [0.15, 0.2) is 5.75 Å². The van der Waals surface area contributed by atoms with Crippen molar-refractivity contribution in [1.82, 2.24) is 14.8 Å². The van der Waals surface area contributed by atoms with E-state index in [1.54, 1.807) is 7.11 Å². The van der Waals surface area contributed by atoms with Crippen molar-refractivity contribution in [3.05, 3.63) is 69.8 Å². The van der Waals surface area contributed by atoms with Crippen LogP contribution in [0.4, 0.5) is 5.69 Å². The zero-order chi connectivity index (χ0) is 24.9. The summed E-state index contributed by atoms with van der Waals surface area (Å²) in [6.45, 7) is 7.18. The molecule has 1 aromatic heterocycles. The largest absolute Gasteiger partial charge is 0.494 e. The first-order chi connectivity index (χ1) is 16.9.